The Morgan fingerprint density at radius 3 is 2.08 bits per heavy atom. The molecule has 0 aliphatic heterocycles. The number of carboxylic acids is 1. The van der Waals surface area contributed by atoms with Crippen LogP contribution >= 0.6 is 0 Å². The van der Waals surface area contributed by atoms with Gasteiger partial charge in [0, 0.05) is 0 Å². The van der Waals surface area contributed by atoms with Gasteiger partial charge in [-0.1, -0.05) is 12.1 Å². The van der Waals surface area contributed by atoms with Gasteiger partial charge in [-0.3, -0.25) is 4.79 Å². The van der Waals surface area contributed by atoms with E-state index in [2.05, 4.69) is 4.72 Å². The second kappa shape index (κ2) is 6.84. The highest BCUT2D eigenvalue weighted by molar-refractivity contribution is 7.84. The summed E-state index contributed by atoms with van der Waals surface area (Å²) in [5.74, 6) is -2.30. The summed E-state index contributed by atoms with van der Waals surface area (Å²) in [6.07, 6.45) is -4.55. The predicted octanol–water partition coefficient (Wildman–Crippen LogP) is 3.69. The quantitative estimate of drug-likeness (QED) is 0.836. The minimum Gasteiger partial charge on any atom is -0.481 e. The van der Waals surface area contributed by atoms with Crippen LogP contribution in [0.1, 0.15) is 45.7 Å². The Morgan fingerprint density at radius 1 is 1.17 bits per heavy atom. The molecule has 0 heterocycles. The molecule has 4 nitrogen and oxygen atoms in total. The maximum atomic E-state index is 13.0. The first kappa shape index (κ1) is 20.6. The molecule has 8 heteroatoms. The fourth-order valence-electron chi connectivity index (χ4n) is 2.01. The van der Waals surface area contributed by atoms with Crippen LogP contribution in [0.25, 0.3) is 0 Å². The summed E-state index contributed by atoms with van der Waals surface area (Å²) in [5, 5.41) is 9.36. The van der Waals surface area contributed by atoms with Gasteiger partial charge in [-0.25, -0.2) is 8.93 Å². The van der Waals surface area contributed by atoms with Gasteiger partial charge < -0.3 is 5.11 Å². The number of benzene rings is 1. The number of halogens is 3. The molecule has 24 heavy (non-hydrogen) atoms. The number of rotatable bonds is 5. The molecular formula is C16H22F3NO3S. The van der Waals surface area contributed by atoms with Crippen LogP contribution < -0.4 is 4.72 Å². The minimum atomic E-state index is -4.55. The number of hydrogen-bond donors (Lipinski definition) is 2. The largest absolute Gasteiger partial charge is 0.481 e. The molecule has 1 aromatic rings. The lowest BCUT2D eigenvalue weighted by molar-refractivity contribution is -0.143. The lowest BCUT2D eigenvalue weighted by Gasteiger charge is -2.37. The number of nitrogens with one attached hydrogen (secondary N) is 1. The van der Waals surface area contributed by atoms with Crippen molar-refractivity contribution in [1.82, 2.24) is 4.72 Å². The zero-order valence-corrected chi connectivity index (χ0v) is 15.0. The summed E-state index contributed by atoms with van der Waals surface area (Å²) < 4.78 is 53.4. The molecule has 0 aliphatic carbocycles. The maximum Gasteiger partial charge on any atom is 0.416 e. The molecule has 0 spiro atoms. The van der Waals surface area contributed by atoms with Crippen LogP contribution in [0.2, 0.25) is 0 Å². The molecule has 3 atom stereocenters. The lowest BCUT2D eigenvalue weighted by atomic mass is 9.81. The summed E-state index contributed by atoms with van der Waals surface area (Å²) in [4.78, 5) is 11.5. The van der Waals surface area contributed by atoms with E-state index in [0.717, 1.165) is 12.1 Å². The normalized spacial score (nSPS) is 17.8. The van der Waals surface area contributed by atoms with Crippen LogP contribution in [0.5, 0.6) is 0 Å². The van der Waals surface area contributed by atoms with Gasteiger partial charge in [-0.15, -0.1) is 0 Å². The Bertz CT molecular complexity index is 640. The van der Waals surface area contributed by atoms with E-state index >= 15 is 0 Å². The van der Waals surface area contributed by atoms with Crippen molar-refractivity contribution in [3.8, 4) is 0 Å². The van der Waals surface area contributed by atoms with E-state index < -0.39 is 44.9 Å². The Kier molecular flexibility index (Phi) is 5.88. The lowest BCUT2D eigenvalue weighted by Crippen LogP contribution is -2.52. The van der Waals surface area contributed by atoms with Gasteiger partial charge in [0.25, 0.3) is 0 Å². The number of carboxylic acid groups (broad SMARTS) is 1. The third kappa shape index (κ3) is 4.57. The molecule has 2 N–H and O–H groups in total. The van der Waals surface area contributed by atoms with Gasteiger partial charge in [0.1, 0.15) is 0 Å². The van der Waals surface area contributed by atoms with E-state index in [9.17, 15) is 27.3 Å². The molecule has 0 bridgehead atoms. The molecule has 0 saturated heterocycles. The van der Waals surface area contributed by atoms with Crippen molar-refractivity contribution >= 4 is 17.0 Å². The topological polar surface area (TPSA) is 66.4 Å². The van der Waals surface area contributed by atoms with Crippen molar-refractivity contribution in [2.75, 3.05) is 0 Å². The number of alkyl halides is 3. The van der Waals surface area contributed by atoms with Crippen LogP contribution in [-0.4, -0.2) is 20.0 Å². The Morgan fingerprint density at radius 2 is 1.67 bits per heavy atom. The first-order chi connectivity index (χ1) is 10.7. The number of carbonyl (C=O) groups is 1. The second-order valence-corrected chi connectivity index (χ2v) is 8.79. The average molecular weight is 365 g/mol. The van der Waals surface area contributed by atoms with Crippen LogP contribution in [0.15, 0.2) is 24.3 Å². The highest BCUT2D eigenvalue weighted by Gasteiger charge is 2.42. The van der Waals surface area contributed by atoms with Crippen molar-refractivity contribution in [2.45, 2.75) is 51.1 Å². The molecule has 0 aromatic heterocycles. The van der Waals surface area contributed by atoms with Gasteiger partial charge in [-0.2, -0.15) is 13.2 Å². The third-order valence-corrected chi connectivity index (χ3v) is 5.61. The summed E-state index contributed by atoms with van der Waals surface area (Å²) in [6.45, 7) is 7.89. The Hall–Kier alpha value is -1.41. The molecular weight excluding hydrogens is 343 g/mol. The maximum absolute atomic E-state index is 13.0. The van der Waals surface area contributed by atoms with Crippen molar-refractivity contribution in [3.63, 3.8) is 0 Å². The standard InChI is InChI=1S/C16H22F3NO3S/c1-10(13(21)22)15(5,20-24(23)14(2,3)4)11-7-6-8-12(9-11)16(17,18)19/h6-10,20H,1-5H3,(H,21,22). The van der Waals surface area contributed by atoms with Crippen LogP contribution in [0.4, 0.5) is 13.2 Å². The molecule has 1 rings (SSSR count). The van der Waals surface area contributed by atoms with Crippen LogP contribution in [0.3, 0.4) is 0 Å². The highest BCUT2D eigenvalue weighted by Crippen LogP contribution is 2.36. The number of aliphatic carboxylic acids is 1. The average Bonchev–Trinajstić information content (AvgIpc) is 2.44. The molecule has 0 fully saturated rings. The molecule has 1 aromatic carbocycles. The first-order valence-corrected chi connectivity index (χ1v) is 8.45. The Labute approximate surface area is 142 Å². The van der Waals surface area contributed by atoms with E-state index in [0.29, 0.717) is 0 Å². The van der Waals surface area contributed by atoms with E-state index in [4.69, 9.17) is 0 Å². The summed E-state index contributed by atoms with van der Waals surface area (Å²) in [6, 6.07) is 4.43. The molecule has 0 saturated carbocycles. The van der Waals surface area contributed by atoms with E-state index in [1.807, 2.05) is 0 Å². The first-order valence-electron chi connectivity index (χ1n) is 7.30. The fraction of sp³-hybridized carbons (Fsp3) is 0.562. The second-order valence-electron chi connectivity index (χ2n) is 6.82. The molecule has 0 amide bonds. The van der Waals surface area contributed by atoms with Gasteiger partial charge in [0.05, 0.1) is 32.8 Å². The van der Waals surface area contributed by atoms with Crippen molar-refractivity contribution in [2.24, 2.45) is 5.92 Å². The zero-order valence-electron chi connectivity index (χ0n) is 14.2. The fourth-order valence-corrected chi connectivity index (χ4v) is 2.99. The summed E-state index contributed by atoms with van der Waals surface area (Å²) in [7, 11) is -1.67. The van der Waals surface area contributed by atoms with Crippen molar-refractivity contribution < 1.29 is 27.3 Å². The van der Waals surface area contributed by atoms with Gasteiger partial charge in [-0.05, 0) is 52.3 Å². The van der Waals surface area contributed by atoms with Gasteiger partial charge in [0.2, 0.25) is 0 Å². The SMILES string of the molecule is CC(C(=O)O)C(C)(NS(=O)C(C)(C)C)c1cccc(C(F)(F)F)c1. The monoisotopic (exact) mass is 365 g/mol. The van der Waals surface area contributed by atoms with E-state index in [1.54, 1.807) is 20.8 Å². The van der Waals surface area contributed by atoms with E-state index in [1.165, 1.54) is 26.0 Å². The van der Waals surface area contributed by atoms with Crippen molar-refractivity contribution in [3.05, 3.63) is 35.4 Å². The molecule has 0 aliphatic rings. The molecule has 3 unspecified atom stereocenters. The summed E-state index contributed by atoms with van der Waals surface area (Å²) in [5.41, 5.74) is -2.21. The summed E-state index contributed by atoms with van der Waals surface area (Å²) >= 11 is 0. The number of hydrogen-bond acceptors (Lipinski definition) is 2. The van der Waals surface area contributed by atoms with Crippen LogP contribution in [0, 0.1) is 5.92 Å². The van der Waals surface area contributed by atoms with Crippen molar-refractivity contribution in [1.29, 1.82) is 0 Å². The smallest absolute Gasteiger partial charge is 0.416 e. The predicted molar refractivity (Wildman–Crippen MR) is 86.6 cm³/mol. The highest BCUT2D eigenvalue weighted by atomic mass is 32.2. The van der Waals surface area contributed by atoms with E-state index in [-0.39, 0.29) is 5.56 Å². The van der Waals surface area contributed by atoms with Crippen LogP contribution in [-0.2, 0) is 27.5 Å². The van der Waals surface area contributed by atoms with Gasteiger partial charge >= 0.3 is 12.1 Å². The molecule has 0 radical (unpaired) electrons. The molecule has 136 valence electrons. The Balaban J connectivity index is 3.44. The zero-order chi connectivity index (χ0) is 18.9. The minimum absolute atomic E-state index is 0.116. The third-order valence-electron chi connectivity index (χ3n) is 3.89. The van der Waals surface area contributed by atoms with Gasteiger partial charge in [0.15, 0.2) is 0 Å².